The number of pyridine rings is 1. The lowest BCUT2D eigenvalue weighted by atomic mass is 9.90. The maximum absolute atomic E-state index is 14.1. The van der Waals surface area contributed by atoms with Crippen molar-refractivity contribution in [3.8, 4) is 0 Å². The van der Waals surface area contributed by atoms with E-state index >= 15 is 0 Å². The maximum Gasteiger partial charge on any atom is 0.285 e. The Labute approximate surface area is 348 Å². The van der Waals surface area contributed by atoms with Crippen molar-refractivity contribution in [2.24, 2.45) is 17.8 Å². The van der Waals surface area contributed by atoms with Gasteiger partial charge in [0.25, 0.3) is 11.8 Å². The van der Waals surface area contributed by atoms with E-state index in [1.165, 1.54) is 7.11 Å². The van der Waals surface area contributed by atoms with Crippen LogP contribution in [0.5, 0.6) is 0 Å². The Morgan fingerprint density at radius 1 is 0.915 bits per heavy atom. The minimum Gasteiger partial charge on any atom is -0.379 e. The summed E-state index contributed by atoms with van der Waals surface area (Å²) in [6.45, 7) is 10.3. The number of likely N-dealkylation sites (N-methyl/N-ethyl adjacent to an activating group) is 1. The van der Waals surface area contributed by atoms with Crippen molar-refractivity contribution in [3.63, 3.8) is 0 Å². The molecule has 2 aliphatic rings. The van der Waals surface area contributed by atoms with Gasteiger partial charge in [-0.2, -0.15) is 0 Å². The van der Waals surface area contributed by atoms with Gasteiger partial charge in [-0.1, -0.05) is 53.2 Å². The lowest BCUT2D eigenvalue weighted by molar-refractivity contribution is -0.145. The summed E-state index contributed by atoms with van der Waals surface area (Å²) in [7, 11) is 4.76. The highest BCUT2D eigenvalue weighted by molar-refractivity contribution is 6.20. The van der Waals surface area contributed by atoms with Crippen LogP contribution in [0.25, 0.3) is 0 Å². The maximum atomic E-state index is 14.1. The lowest BCUT2D eigenvalue weighted by Crippen LogP contribution is -2.55. The number of methoxy groups -OCH3 is 2. The summed E-state index contributed by atoms with van der Waals surface area (Å²) in [5.41, 5.74) is 1.62. The van der Waals surface area contributed by atoms with Crippen LogP contribution in [0.3, 0.4) is 0 Å². The zero-order valence-corrected chi connectivity index (χ0v) is 35.8. The summed E-state index contributed by atoms with van der Waals surface area (Å²) >= 11 is 0. The summed E-state index contributed by atoms with van der Waals surface area (Å²) in [4.78, 5) is 92.4. The van der Waals surface area contributed by atoms with Crippen LogP contribution in [-0.4, -0.2) is 140 Å². The molecule has 4 rings (SSSR count). The van der Waals surface area contributed by atoms with E-state index < -0.39 is 47.9 Å². The summed E-state index contributed by atoms with van der Waals surface area (Å²) < 4.78 is 11.8. The molecule has 0 aliphatic carbocycles. The van der Waals surface area contributed by atoms with Gasteiger partial charge in [-0.05, 0) is 60.9 Å². The van der Waals surface area contributed by atoms with Crippen LogP contribution in [0, 0.1) is 17.8 Å². The average Bonchev–Trinajstić information content (AvgIpc) is 3.81. The molecule has 16 heteroatoms. The van der Waals surface area contributed by atoms with Gasteiger partial charge in [0.05, 0.1) is 67.0 Å². The Kier molecular flexibility index (Phi) is 17.9. The number of imide groups is 1. The van der Waals surface area contributed by atoms with Crippen molar-refractivity contribution in [1.82, 2.24) is 35.8 Å². The molecule has 59 heavy (non-hydrogen) atoms. The molecule has 16 nitrogen and oxygen atoms in total. The van der Waals surface area contributed by atoms with Gasteiger partial charge in [-0.25, -0.2) is 0 Å². The van der Waals surface area contributed by atoms with E-state index in [1.54, 1.807) is 60.6 Å². The zero-order chi connectivity index (χ0) is 43.2. The van der Waals surface area contributed by atoms with Gasteiger partial charge in [-0.3, -0.25) is 38.6 Å². The number of carbonyl (C=O) groups is 6. The van der Waals surface area contributed by atoms with E-state index in [1.807, 2.05) is 46.8 Å². The van der Waals surface area contributed by atoms with Crippen LogP contribution in [0.2, 0.25) is 0 Å². The molecule has 1 aromatic heterocycles. The first kappa shape index (κ1) is 46.9. The van der Waals surface area contributed by atoms with Crippen LogP contribution in [-0.2, 0) is 39.9 Å². The highest BCUT2D eigenvalue weighted by Crippen LogP contribution is 2.29. The number of fused-ring (bicyclic) bond motifs is 1. The molecular weight excluding hydrogens is 759 g/mol. The van der Waals surface area contributed by atoms with E-state index in [9.17, 15) is 28.8 Å². The number of amides is 6. The van der Waals surface area contributed by atoms with Crippen LogP contribution < -0.4 is 16.0 Å². The summed E-state index contributed by atoms with van der Waals surface area (Å²) in [5.74, 6) is -2.85. The molecule has 3 heterocycles. The second kappa shape index (κ2) is 22.6. The monoisotopic (exact) mass is 821 g/mol. The van der Waals surface area contributed by atoms with Gasteiger partial charge in [0.2, 0.25) is 23.6 Å². The first-order chi connectivity index (χ1) is 28.2. The van der Waals surface area contributed by atoms with E-state index in [2.05, 4.69) is 20.9 Å². The molecule has 0 saturated carbocycles. The van der Waals surface area contributed by atoms with Gasteiger partial charge in [-0.15, -0.1) is 5.06 Å². The predicted molar refractivity (Wildman–Crippen MR) is 220 cm³/mol. The molecule has 1 saturated heterocycles. The Hall–Kier alpha value is -4.77. The van der Waals surface area contributed by atoms with Gasteiger partial charge >= 0.3 is 0 Å². The topological polar surface area (TPSA) is 189 Å². The first-order valence-electron chi connectivity index (χ1n) is 20.6. The average molecular weight is 822 g/mol. The third kappa shape index (κ3) is 11.9. The second-order valence-electron chi connectivity index (χ2n) is 15.7. The van der Waals surface area contributed by atoms with Crippen LogP contribution in [0.1, 0.15) is 86.6 Å². The van der Waals surface area contributed by atoms with E-state index in [0.29, 0.717) is 32.4 Å². The van der Waals surface area contributed by atoms with E-state index in [0.717, 1.165) is 17.0 Å². The number of rotatable bonds is 23. The Morgan fingerprint density at radius 3 is 2.17 bits per heavy atom. The van der Waals surface area contributed by atoms with Gasteiger partial charge in [0.1, 0.15) is 0 Å². The number of nitrogens with zero attached hydrogens (tertiary/aromatic N) is 4. The fraction of sp³-hybridized carbons (Fsp3) is 0.605. The van der Waals surface area contributed by atoms with E-state index in [-0.39, 0.29) is 72.8 Å². The van der Waals surface area contributed by atoms with Gasteiger partial charge < -0.3 is 35.2 Å². The molecule has 0 spiro atoms. The van der Waals surface area contributed by atoms with Crippen LogP contribution in [0.4, 0.5) is 0 Å². The highest BCUT2D eigenvalue weighted by Gasteiger charge is 2.42. The largest absolute Gasteiger partial charge is 0.379 e. The molecule has 7 atom stereocenters. The van der Waals surface area contributed by atoms with Crippen molar-refractivity contribution in [2.45, 2.75) is 97.1 Å². The quantitative estimate of drug-likeness (QED) is 0.111. The van der Waals surface area contributed by atoms with Crippen molar-refractivity contribution in [2.75, 3.05) is 54.1 Å². The number of nitrogens with one attached hydrogen (secondary N) is 3. The molecule has 2 aromatic rings. The van der Waals surface area contributed by atoms with Crippen molar-refractivity contribution in [3.05, 3.63) is 65.5 Å². The number of benzene rings is 1. The molecule has 1 aromatic carbocycles. The Balaban J connectivity index is 1.31. The molecule has 324 valence electrons. The van der Waals surface area contributed by atoms with Crippen molar-refractivity contribution in [1.29, 1.82) is 0 Å². The van der Waals surface area contributed by atoms with Gasteiger partial charge in [0.15, 0.2) is 0 Å². The smallest absolute Gasteiger partial charge is 0.285 e. The fourth-order valence-corrected chi connectivity index (χ4v) is 8.03. The SMILES string of the molecule is CC[C@H](C)C([C@@H](CC(=O)N1CCC[C@H]1[C@H](OC)[C@@H](C)C(=O)NCCc1ccncc1)OC)N(C)C(=O)CNC(=O)[C@@H](NCCON1C(=O)c2ccccc2C1=O)C(C)C. The zero-order valence-electron chi connectivity index (χ0n) is 35.8. The standard InChI is InChI=1S/C43H63N7O9/c1-9-28(4)38(34(57-7)25-35(51)49-23-12-15-33(49)39(58-8)29(5)40(53)46-21-18-30-16-19-44-20-17-30)48(6)36(52)26-47-41(54)37(27(2)3)45-22-24-59-50-42(55)31-13-10-11-14-32(31)43(50)56/h10-11,13-14,16-17,19-20,27-29,33-34,37-39,45H,9,12,15,18,21-26H2,1-8H3,(H,46,53)(H,47,54)/t28-,29+,33-,34+,37-,38?,39+/m0/s1. The van der Waals surface area contributed by atoms with Crippen molar-refractivity contribution < 1.29 is 43.1 Å². The molecule has 1 unspecified atom stereocenters. The highest BCUT2D eigenvalue weighted by atomic mass is 16.7. The van der Waals surface area contributed by atoms with Crippen LogP contribution in [0.15, 0.2) is 48.8 Å². The molecular formula is C43H63N7O9. The van der Waals surface area contributed by atoms with Crippen LogP contribution >= 0.6 is 0 Å². The number of aromatic nitrogens is 1. The molecule has 0 bridgehead atoms. The number of ether oxygens (including phenoxy) is 2. The molecule has 6 amide bonds. The number of carbonyl (C=O) groups excluding carboxylic acids is 6. The second-order valence-corrected chi connectivity index (χ2v) is 15.7. The molecule has 2 aliphatic heterocycles. The molecule has 0 radical (unpaired) electrons. The minimum atomic E-state index is -0.696. The van der Waals surface area contributed by atoms with E-state index in [4.69, 9.17) is 14.3 Å². The summed E-state index contributed by atoms with van der Waals surface area (Å²) in [6.07, 6.45) is 5.11. The Morgan fingerprint density at radius 2 is 1.58 bits per heavy atom. The fourth-order valence-electron chi connectivity index (χ4n) is 8.03. The molecule has 3 N–H and O–H groups in total. The normalized spacial score (nSPS) is 18.2. The third-order valence-electron chi connectivity index (χ3n) is 11.6. The minimum absolute atomic E-state index is 0.0110. The third-order valence-corrected chi connectivity index (χ3v) is 11.6. The predicted octanol–water partition coefficient (Wildman–Crippen LogP) is 2.62. The lowest BCUT2D eigenvalue weighted by Gasteiger charge is -2.39. The number of likely N-dealkylation sites (tertiary alicyclic amines) is 1. The first-order valence-corrected chi connectivity index (χ1v) is 20.6. The number of hydrogen-bond donors (Lipinski definition) is 3. The molecule has 1 fully saturated rings. The van der Waals surface area contributed by atoms with Crippen molar-refractivity contribution >= 4 is 35.4 Å². The number of hydroxylamine groups is 2. The Bertz CT molecular complexity index is 1710. The summed E-state index contributed by atoms with van der Waals surface area (Å²) in [6, 6.07) is 8.81. The van der Waals surface area contributed by atoms with Gasteiger partial charge in [0, 0.05) is 53.3 Å². The summed E-state index contributed by atoms with van der Waals surface area (Å²) in [5, 5.41) is 9.61. The number of hydrogen-bond acceptors (Lipinski definition) is 11.